The molecule has 1 fully saturated rings. The molecule has 1 saturated heterocycles. The lowest BCUT2D eigenvalue weighted by Crippen LogP contribution is -2.48. The summed E-state index contributed by atoms with van der Waals surface area (Å²) >= 11 is 0. The molecular weight excluding hydrogens is 365 g/mol. The summed E-state index contributed by atoms with van der Waals surface area (Å²) < 4.78 is 12.9. The number of hydrogen-bond acceptors (Lipinski definition) is 5. The molecule has 0 saturated carbocycles. The number of amides is 1. The van der Waals surface area contributed by atoms with E-state index in [-0.39, 0.29) is 30.2 Å². The summed E-state index contributed by atoms with van der Waals surface area (Å²) in [5, 5.41) is 10.7. The van der Waals surface area contributed by atoms with Gasteiger partial charge in [-0.3, -0.25) is 19.7 Å². The number of rotatable bonds is 6. The molecule has 7 nitrogen and oxygen atoms in total. The van der Waals surface area contributed by atoms with Crippen molar-refractivity contribution in [2.45, 2.75) is 12.8 Å². The molecule has 0 N–H and O–H groups in total. The van der Waals surface area contributed by atoms with E-state index < -0.39 is 10.7 Å². The first kappa shape index (κ1) is 19.5. The maximum Gasteiger partial charge on any atom is 0.269 e. The molecule has 0 aromatic heterocycles. The van der Waals surface area contributed by atoms with Gasteiger partial charge in [0.1, 0.15) is 5.82 Å². The normalized spacial score (nSPS) is 14.0. The van der Waals surface area contributed by atoms with Crippen LogP contribution >= 0.6 is 0 Å². The first-order valence-corrected chi connectivity index (χ1v) is 9.00. The van der Waals surface area contributed by atoms with Crippen molar-refractivity contribution in [3.8, 4) is 0 Å². The number of hydrogen-bond donors (Lipinski definition) is 0. The van der Waals surface area contributed by atoms with Gasteiger partial charge in [-0.15, -0.1) is 0 Å². The van der Waals surface area contributed by atoms with Crippen LogP contribution in [0.5, 0.6) is 0 Å². The van der Waals surface area contributed by atoms with E-state index in [4.69, 9.17) is 0 Å². The summed E-state index contributed by atoms with van der Waals surface area (Å²) in [5.41, 5.74) is 1.32. The van der Waals surface area contributed by atoms with Gasteiger partial charge in [-0.25, -0.2) is 4.39 Å². The number of piperazine rings is 1. The second-order valence-corrected chi connectivity index (χ2v) is 6.57. The van der Waals surface area contributed by atoms with Gasteiger partial charge in [0.2, 0.25) is 5.91 Å². The van der Waals surface area contributed by atoms with E-state index in [9.17, 15) is 24.1 Å². The van der Waals surface area contributed by atoms with Gasteiger partial charge in [0.15, 0.2) is 5.78 Å². The molecule has 1 heterocycles. The monoisotopic (exact) mass is 385 g/mol. The minimum atomic E-state index is -0.437. The highest BCUT2D eigenvalue weighted by molar-refractivity contribution is 5.97. The lowest BCUT2D eigenvalue weighted by molar-refractivity contribution is -0.384. The topological polar surface area (TPSA) is 83.8 Å². The third-order valence-electron chi connectivity index (χ3n) is 4.79. The summed E-state index contributed by atoms with van der Waals surface area (Å²) in [6, 6.07) is 11.6. The summed E-state index contributed by atoms with van der Waals surface area (Å²) in [7, 11) is 0. The Morgan fingerprint density at radius 1 is 0.929 bits per heavy atom. The molecule has 1 aliphatic rings. The number of carbonyl (C=O) groups excluding carboxylic acids is 2. The molecule has 2 aromatic rings. The third kappa shape index (κ3) is 4.70. The highest BCUT2D eigenvalue weighted by Gasteiger charge is 2.22. The Labute approximate surface area is 161 Å². The van der Waals surface area contributed by atoms with E-state index in [1.54, 1.807) is 17.0 Å². The van der Waals surface area contributed by atoms with Crippen LogP contribution in [0.15, 0.2) is 48.5 Å². The van der Waals surface area contributed by atoms with Crippen LogP contribution in [0.4, 0.5) is 15.8 Å². The molecular formula is C20H20FN3O4. The smallest absolute Gasteiger partial charge is 0.269 e. The van der Waals surface area contributed by atoms with E-state index in [1.807, 2.05) is 0 Å². The fourth-order valence-electron chi connectivity index (χ4n) is 3.16. The fourth-order valence-corrected chi connectivity index (χ4v) is 3.16. The van der Waals surface area contributed by atoms with Crippen molar-refractivity contribution in [3.05, 3.63) is 70.0 Å². The summed E-state index contributed by atoms with van der Waals surface area (Å²) in [6.07, 6.45) is 0.209. The molecule has 0 atom stereocenters. The SMILES string of the molecule is O=C(CCC(=O)N1CCN(c2ccc([N+](=O)[O-])cc2)CC1)c1ccc(F)cc1. The van der Waals surface area contributed by atoms with Crippen LogP contribution in [-0.4, -0.2) is 47.7 Å². The minimum Gasteiger partial charge on any atom is -0.368 e. The number of carbonyl (C=O) groups is 2. The Morgan fingerprint density at radius 2 is 1.54 bits per heavy atom. The second-order valence-electron chi connectivity index (χ2n) is 6.57. The van der Waals surface area contributed by atoms with Gasteiger partial charge in [-0.05, 0) is 36.4 Å². The Morgan fingerprint density at radius 3 is 2.11 bits per heavy atom. The van der Waals surface area contributed by atoms with Crippen LogP contribution < -0.4 is 4.90 Å². The fraction of sp³-hybridized carbons (Fsp3) is 0.300. The number of nitrogens with zero attached hydrogens (tertiary/aromatic N) is 3. The van der Waals surface area contributed by atoms with Crippen molar-refractivity contribution in [1.29, 1.82) is 0 Å². The first-order chi connectivity index (χ1) is 13.4. The van der Waals surface area contributed by atoms with Crippen LogP contribution in [0.3, 0.4) is 0 Å². The van der Waals surface area contributed by atoms with Gasteiger partial charge in [0, 0.05) is 62.4 Å². The number of Topliss-reactive ketones (excluding diaryl/α,β-unsaturated/α-hetero) is 1. The maximum absolute atomic E-state index is 12.9. The zero-order chi connectivity index (χ0) is 20.1. The second kappa shape index (κ2) is 8.60. The molecule has 146 valence electrons. The molecule has 8 heteroatoms. The molecule has 0 aliphatic carbocycles. The summed E-state index contributed by atoms with van der Waals surface area (Å²) in [6.45, 7) is 2.30. The number of nitro benzene ring substituents is 1. The number of non-ortho nitro benzene ring substituents is 1. The standard InChI is InChI=1S/C20H20FN3O4/c21-16-3-1-15(2-4-16)19(25)9-10-20(26)23-13-11-22(12-14-23)17-5-7-18(8-6-17)24(27)28/h1-8H,9-14H2. The Kier molecular flexibility index (Phi) is 5.98. The van der Waals surface area contributed by atoms with E-state index in [0.717, 1.165) is 5.69 Å². The van der Waals surface area contributed by atoms with Crippen molar-refractivity contribution >= 4 is 23.1 Å². The molecule has 0 spiro atoms. The summed E-state index contributed by atoms with van der Waals surface area (Å²) in [4.78, 5) is 38.6. The average molecular weight is 385 g/mol. The zero-order valence-electron chi connectivity index (χ0n) is 15.2. The number of halogens is 1. The van der Waals surface area contributed by atoms with Crippen molar-refractivity contribution in [2.24, 2.45) is 0 Å². The van der Waals surface area contributed by atoms with Gasteiger partial charge >= 0.3 is 0 Å². The van der Waals surface area contributed by atoms with Crippen LogP contribution in [0.2, 0.25) is 0 Å². The molecule has 0 unspecified atom stereocenters. The first-order valence-electron chi connectivity index (χ1n) is 9.00. The Balaban J connectivity index is 1.47. The minimum absolute atomic E-state index is 0.0448. The largest absolute Gasteiger partial charge is 0.368 e. The quantitative estimate of drug-likeness (QED) is 0.434. The lowest BCUT2D eigenvalue weighted by atomic mass is 10.1. The lowest BCUT2D eigenvalue weighted by Gasteiger charge is -2.36. The van der Waals surface area contributed by atoms with E-state index in [1.165, 1.54) is 36.4 Å². The van der Waals surface area contributed by atoms with Crippen molar-refractivity contribution in [1.82, 2.24) is 4.90 Å². The average Bonchev–Trinajstić information content (AvgIpc) is 2.72. The molecule has 28 heavy (non-hydrogen) atoms. The highest BCUT2D eigenvalue weighted by Crippen LogP contribution is 2.21. The van der Waals surface area contributed by atoms with Crippen molar-refractivity contribution in [2.75, 3.05) is 31.1 Å². The Hall–Kier alpha value is -3.29. The molecule has 1 amide bonds. The van der Waals surface area contributed by atoms with E-state index in [0.29, 0.717) is 31.7 Å². The predicted molar refractivity (Wildman–Crippen MR) is 102 cm³/mol. The van der Waals surface area contributed by atoms with E-state index >= 15 is 0 Å². The van der Waals surface area contributed by atoms with Crippen LogP contribution in [0, 0.1) is 15.9 Å². The molecule has 2 aromatic carbocycles. The van der Waals surface area contributed by atoms with Gasteiger partial charge in [-0.2, -0.15) is 0 Å². The molecule has 3 rings (SSSR count). The van der Waals surface area contributed by atoms with Crippen molar-refractivity contribution in [3.63, 3.8) is 0 Å². The van der Waals surface area contributed by atoms with Crippen LogP contribution in [-0.2, 0) is 4.79 Å². The third-order valence-corrected chi connectivity index (χ3v) is 4.79. The number of nitro groups is 1. The zero-order valence-corrected chi connectivity index (χ0v) is 15.2. The van der Waals surface area contributed by atoms with Crippen LogP contribution in [0.1, 0.15) is 23.2 Å². The Bertz CT molecular complexity index is 860. The van der Waals surface area contributed by atoms with Crippen molar-refractivity contribution < 1.29 is 18.9 Å². The molecule has 0 bridgehead atoms. The highest BCUT2D eigenvalue weighted by atomic mass is 19.1. The van der Waals surface area contributed by atoms with Gasteiger partial charge in [0.05, 0.1) is 4.92 Å². The number of ketones is 1. The molecule has 1 aliphatic heterocycles. The van der Waals surface area contributed by atoms with E-state index in [2.05, 4.69) is 4.90 Å². The van der Waals surface area contributed by atoms with Gasteiger partial charge in [0.25, 0.3) is 5.69 Å². The number of anilines is 1. The predicted octanol–water partition coefficient (Wildman–Crippen LogP) is 3.05. The maximum atomic E-state index is 12.9. The number of benzene rings is 2. The van der Waals surface area contributed by atoms with Gasteiger partial charge < -0.3 is 9.80 Å². The van der Waals surface area contributed by atoms with Crippen LogP contribution in [0.25, 0.3) is 0 Å². The summed E-state index contributed by atoms with van der Waals surface area (Å²) in [5.74, 6) is -0.671. The van der Waals surface area contributed by atoms with Gasteiger partial charge in [-0.1, -0.05) is 0 Å². The molecule has 0 radical (unpaired) electrons.